The van der Waals surface area contributed by atoms with E-state index in [1.807, 2.05) is 0 Å². The Labute approximate surface area is 86.7 Å². The number of hydrogen-bond donors (Lipinski definition) is 1. The van der Waals surface area contributed by atoms with E-state index in [0.29, 0.717) is 18.3 Å². The van der Waals surface area contributed by atoms with Crippen LogP contribution in [0.3, 0.4) is 0 Å². The molecule has 0 aliphatic carbocycles. The van der Waals surface area contributed by atoms with Crippen LogP contribution in [0.15, 0.2) is 4.99 Å². The second-order valence-corrected chi connectivity index (χ2v) is 4.59. The van der Waals surface area contributed by atoms with Crippen LogP contribution in [0.2, 0.25) is 0 Å². The van der Waals surface area contributed by atoms with Crippen LogP contribution in [-0.4, -0.2) is 41.1 Å². The molecule has 14 heavy (non-hydrogen) atoms. The predicted molar refractivity (Wildman–Crippen MR) is 54.9 cm³/mol. The van der Waals surface area contributed by atoms with Crippen LogP contribution in [0.1, 0.15) is 12.8 Å². The lowest BCUT2D eigenvalue weighted by Crippen LogP contribution is -2.23. The zero-order valence-electron chi connectivity index (χ0n) is 7.81. The Morgan fingerprint density at radius 3 is 3.07 bits per heavy atom. The fraction of sp³-hybridized carbons (Fsp3) is 0.778. The highest BCUT2D eigenvalue weighted by molar-refractivity contribution is 8.14. The Balaban J connectivity index is 1.97. The number of ether oxygens (including phenoxy) is 1. The maximum atomic E-state index is 10.7. The second-order valence-electron chi connectivity index (χ2n) is 3.55. The van der Waals surface area contributed by atoms with E-state index in [9.17, 15) is 4.79 Å². The minimum atomic E-state index is -0.816. The summed E-state index contributed by atoms with van der Waals surface area (Å²) in [4.78, 5) is 14.9. The van der Waals surface area contributed by atoms with Crippen molar-refractivity contribution in [2.24, 2.45) is 10.9 Å². The van der Waals surface area contributed by atoms with Gasteiger partial charge in [0.15, 0.2) is 6.04 Å². The van der Waals surface area contributed by atoms with Gasteiger partial charge in [-0.05, 0) is 12.8 Å². The summed E-state index contributed by atoms with van der Waals surface area (Å²) in [7, 11) is 0. The molecule has 0 amide bonds. The number of rotatable bonds is 2. The number of hydrogen-bond acceptors (Lipinski definition) is 4. The Kier molecular flexibility index (Phi) is 3.08. The SMILES string of the molecule is O=C(O)C1CSC(C2CCCOC2)=N1. The maximum Gasteiger partial charge on any atom is 0.329 e. The molecule has 0 bridgehead atoms. The van der Waals surface area contributed by atoms with Gasteiger partial charge in [-0.25, -0.2) is 4.79 Å². The van der Waals surface area contributed by atoms with Crippen molar-refractivity contribution in [1.29, 1.82) is 0 Å². The van der Waals surface area contributed by atoms with Gasteiger partial charge in [-0.3, -0.25) is 4.99 Å². The highest BCUT2D eigenvalue weighted by Crippen LogP contribution is 2.28. The summed E-state index contributed by atoms with van der Waals surface area (Å²) in [5.74, 6) is 0.114. The molecular formula is C9H13NO3S. The minimum Gasteiger partial charge on any atom is -0.480 e. The zero-order valence-corrected chi connectivity index (χ0v) is 8.63. The molecule has 1 N–H and O–H groups in total. The number of carbonyl (C=O) groups is 1. The minimum absolute atomic E-state index is 0.345. The van der Waals surface area contributed by atoms with Crippen LogP contribution in [-0.2, 0) is 9.53 Å². The summed E-state index contributed by atoms with van der Waals surface area (Å²) in [5.41, 5.74) is 0. The van der Waals surface area contributed by atoms with Crippen molar-refractivity contribution < 1.29 is 14.6 Å². The quantitative estimate of drug-likeness (QED) is 0.747. The fourth-order valence-electron chi connectivity index (χ4n) is 1.68. The molecular weight excluding hydrogens is 202 g/mol. The van der Waals surface area contributed by atoms with Crippen molar-refractivity contribution >= 4 is 22.8 Å². The molecule has 1 saturated heterocycles. The van der Waals surface area contributed by atoms with Gasteiger partial charge in [0.1, 0.15) is 0 Å². The molecule has 0 radical (unpaired) electrons. The number of carboxylic acid groups (broad SMARTS) is 1. The maximum absolute atomic E-state index is 10.7. The summed E-state index contributed by atoms with van der Waals surface area (Å²) in [6.45, 7) is 1.54. The van der Waals surface area contributed by atoms with Gasteiger partial charge in [-0.2, -0.15) is 0 Å². The van der Waals surface area contributed by atoms with E-state index in [1.165, 1.54) is 0 Å². The van der Waals surface area contributed by atoms with Crippen molar-refractivity contribution in [3.8, 4) is 0 Å². The first-order chi connectivity index (χ1) is 6.77. The average Bonchev–Trinajstić information content (AvgIpc) is 2.68. The highest BCUT2D eigenvalue weighted by atomic mass is 32.2. The summed E-state index contributed by atoms with van der Waals surface area (Å²) in [5, 5.41) is 9.76. The third-order valence-electron chi connectivity index (χ3n) is 2.47. The van der Waals surface area contributed by atoms with Crippen molar-refractivity contribution in [3.63, 3.8) is 0 Å². The molecule has 0 aromatic heterocycles. The molecule has 0 aromatic rings. The van der Waals surface area contributed by atoms with Gasteiger partial charge in [-0.1, -0.05) is 0 Å². The average molecular weight is 215 g/mol. The number of nitrogens with zero attached hydrogens (tertiary/aromatic N) is 1. The summed E-state index contributed by atoms with van der Waals surface area (Å²) in [6.07, 6.45) is 2.14. The van der Waals surface area contributed by atoms with Gasteiger partial charge in [0, 0.05) is 18.3 Å². The van der Waals surface area contributed by atoms with E-state index in [4.69, 9.17) is 9.84 Å². The molecule has 2 atom stereocenters. The molecule has 0 spiro atoms. The zero-order chi connectivity index (χ0) is 9.97. The molecule has 5 heteroatoms. The van der Waals surface area contributed by atoms with E-state index in [2.05, 4.69) is 4.99 Å². The van der Waals surface area contributed by atoms with Crippen LogP contribution in [0.4, 0.5) is 0 Å². The molecule has 2 aliphatic heterocycles. The standard InChI is InChI=1S/C9H13NO3S/c11-9(12)7-5-14-8(10-7)6-2-1-3-13-4-6/h6-7H,1-5H2,(H,11,12). The first-order valence-corrected chi connectivity index (χ1v) is 5.77. The molecule has 1 fully saturated rings. The van der Waals surface area contributed by atoms with E-state index < -0.39 is 12.0 Å². The van der Waals surface area contributed by atoms with E-state index in [-0.39, 0.29) is 0 Å². The lowest BCUT2D eigenvalue weighted by atomic mass is 10.0. The molecule has 0 saturated carbocycles. The Morgan fingerprint density at radius 2 is 2.50 bits per heavy atom. The molecule has 2 heterocycles. The van der Waals surface area contributed by atoms with Crippen molar-refractivity contribution in [3.05, 3.63) is 0 Å². The number of aliphatic carboxylic acids is 1. The van der Waals surface area contributed by atoms with Gasteiger partial charge in [0.25, 0.3) is 0 Å². The highest BCUT2D eigenvalue weighted by Gasteiger charge is 2.29. The lowest BCUT2D eigenvalue weighted by molar-refractivity contribution is -0.137. The van der Waals surface area contributed by atoms with Crippen molar-refractivity contribution in [2.45, 2.75) is 18.9 Å². The number of thioether (sulfide) groups is 1. The third-order valence-corrected chi connectivity index (χ3v) is 3.68. The predicted octanol–water partition coefficient (Wildman–Crippen LogP) is 1.01. The van der Waals surface area contributed by atoms with Crippen LogP contribution >= 0.6 is 11.8 Å². The summed E-state index contributed by atoms with van der Waals surface area (Å²) in [6, 6.07) is -0.531. The van der Waals surface area contributed by atoms with Gasteiger partial charge in [-0.15, -0.1) is 11.8 Å². The molecule has 2 unspecified atom stereocenters. The van der Waals surface area contributed by atoms with Gasteiger partial charge in [0.05, 0.1) is 11.7 Å². The Hall–Kier alpha value is -0.550. The smallest absolute Gasteiger partial charge is 0.329 e. The molecule has 2 aliphatic rings. The summed E-state index contributed by atoms with van der Waals surface area (Å²) >= 11 is 1.57. The molecule has 0 aromatic carbocycles. The molecule has 4 nitrogen and oxygen atoms in total. The third kappa shape index (κ3) is 2.09. The molecule has 2 rings (SSSR count). The molecule has 78 valence electrons. The van der Waals surface area contributed by atoms with E-state index >= 15 is 0 Å². The van der Waals surface area contributed by atoms with Gasteiger partial charge >= 0.3 is 5.97 Å². The second kappa shape index (κ2) is 4.31. The first-order valence-electron chi connectivity index (χ1n) is 4.78. The van der Waals surface area contributed by atoms with E-state index in [0.717, 1.165) is 24.5 Å². The van der Waals surface area contributed by atoms with E-state index in [1.54, 1.807) is 11.8 Å². The van der Waals surface area contributed by atoms with Crippen LogP contribution < -0.4 is 0 Å². The normalized spacial score (nSPS) is 32.7. The topological polar surface area (TPSA) is 58.9 Å². The lowest BCUT2D eigenvalue weighted by Gasteiger charge is -2.21. The summed E-state index contributed by atoms with van der Waals surface area (Å²) < 4.78 is 5.35. The monoisotopic (exact) mass is 215 g/mol. The van der Waals surface area contributed by atoms with Crippen LogP contribution in [0.5, 0.6) is 0 Å². The Morgan fingerprint density at radius 1 is 1.64 bits per heavy atom. The number of aliphatic imine (C=N–C) groups is 1. The van der Waals surface area contributed by atoms with Gasteiger partial charge < -0.3 is 9.84 Å². The van der Waals surface area contributed by atoms with Crippen molar-refractivity contribution in [2.75, 3.05) is 19.0 Å². The fourth-order valence-corrected chi connectivity index (χ4v) is 2.85. The van der Waals surface area contributed by atoms with Crippen LogP contribution in [0.25, 0.3) is 0 Å². The van der Waals surface area contributed by atoms with Crippen molar-refractivity contribution in [1.82, 2.24) is 0 Å². The first kappa shape index (κ1) is 9.98. The Bertz CT molecular complexity index is 261. The van der Waals surface area contributed by atoms with Gasteiger partial charge in [0.2, 0.25) is 0 Å². The van der Waals surface area contributed by atoms with Crippen LogP contribution in [0, 0.1) is 5.92 Å². The number of carboxylic acids is 1. The largest absolute Gasteiger partial charge is 0.480 e.